The molecule has 0 radical (unpaired) electrons. The molecule has 0 saturated carbocycles. The molecular weight excluding hydrogens is 344 g/mol. The average Bonchev–Trinajstić information content (AvgIpc) is 3.08. The average molecular weight is 366 g/mol. The van der Waals surface area contributed by atoms with E-state index < -0.39 is 5.60 Å². The first kappa shape index (κ1) is 17.5. The molecule has 140 valence electrons. The summed E-state index contributed by atoms with van der Waals surface area (Å²) in [6, 6.07) is 5.19. The number of ketones is 1. The number of hydrogen-bond donors (Lipinski definition) is 1. The van der Waals surface area contributed by atoms with Gasteiger partial charge in [0.1, 0.15) is 5.75 Å². The molecule has 1 atom stereocenters. The number of ether oxygens (including phenoxy) is 1. The van der Waals surface area contributed by atoms with Crippen LogP contribution in [0.15, 0.2) is 41.2 Å². The van der Waals surface area contributed by atoms with Crippen LogP contribution in [0.4, 0.5) is 0 Å². The number of rotatable bonds is 3. The maximum atomic E-state index is 12.9. The number of amides is 1. The Balaban J connectivity index is 1.79. The van der Waals surface area contributed by atoms with Crippen molar-refractivity contribution in [1.82, 2.24) is 4.90 Å². The Morgan fingerprint density at radius 1 is 1.37 bits per heavy atom. The van der Waals surface area contributed by atoms with Crippen LogP contribution in [0.5, 0.6) is 5.75 Å². The third kappa shape index (κ3) is 2.95. The SMILES string of the molecule is CC1(C)Oc2ccc(C(=O)C3C=NC=CC3)cc2C(N2CCCC2=O)=C1O. The first-order valence-electron chi connectivity index (χ1n) is 9.18. The lowest BCUT2D eigenvalue weighted by Crippen LogP contribution is -2.39. The Morgan fingerprint density at radius 2 is 2.19 bits per heavy atom. The van der Waals surface area contributed by atoms with Crippen LogP contribution in [0.2, 0.25) is 0 Å². The Morgan fingerprint density at radius 3 is 2.85 bits per heavy atom. The van der Waals surface area contributed by atoms with Gasteiger partial charge in [0, 0.05) is 36.5 Å². The topological polar surface area (TPSA) is 79.2 Å². The Kier molecular flexibility index (Phi) is 4.13. The van der Waals surface area contributed by atoms with Gasteiger partial charge in [0.25, 0.3) is 0 Å². The number of aliphatic imine (C=N–C) groups is 1. The number of benzene rings is 1. The van der Waals surface area contributed by atoms with Crippen LogP contribution < -0.4 is 4.74 Å². The molecule has 1 fully saturated rings. The Bertz CT molecular complexity index is 911. The molecule has 1 aromatic rings. The summed E-state index contributed by atoms with van der Waals surface area (Å²) in [4.78, 5) is 30.9. The fourth-order valence-corrected chi connectivity index (χ4v) is 3.72. The number of carbonyl (C=O) groups is 2. The molecule has 27 heavy (non-hydrogen) atoms. The van der Waals surface area contributed by atoms with E-state index >= 15 is 0 Å². The van der Waals surface area contributed by atoms with E-state index in [-0.39, 0.29) is 23.4 Å². The van der Waals surface area contributed by atoms with Crippen molar-refractivity contribution in [2.45, 2.75) is 38.7 Å². The number of fused-ring (bicyclic) bond motifs is 1. The summed E-state index contributed by atoms with van der Waals surface area (Å²) in [6.07, 6.45) is 7.02. The van der Waals surface area contributed by atoms with Crippen molar-refractivity contribution >= 4 is 23.6 Å². The van der Waals surface area contributed by atoms with E-state index in [0.717, 1.165) is 6.42 Å². The minimum Gasteiger partial charge on any atom is -0.506 e. The molecule has 1 amide bonds. The van der Waals surface area contributed by atoms with Crippen molar-refractivity contribution in [3.8, 4) is 5.75 Å². The van der Waals surface area contributed by atoms with E-state index in [1.54, 1.807) is 49.4 Å². The number of likely N-dealkylation sites (tertiary alicyclic amines) is 1. The molecule has 1 saturated heterocycles. The summed E-state index contributed by atoms with van der Waals surface area (Å²) in [7, 11) is 0. The molecule has 0 aliphatic carbocycles. The van der Waals surface area contributed by atoms with Crippen LogP contribution in [0, 0.1) is 5.92 Å². The van der Waals surface area contributed by atoms with Gasteiger partial charge in [-0.05, 0) is 44.9 Å². The molecule has 0 bridgehead atoms. The van der Waals surface area contributed by atoms with Crippen molar-refractivity contribution in [2.24, 2.45) is 10.9 Å². The zero-order valence-corrected chi connectivity index (χ0v) is 15.4. The van der Waals surface area contributed by atoms with E-state index in [4.69, 9.17) is 4.74 Å². The van der Waals surface area contributed by atoms with Crippen LogP contribution in [0.3, 0.4) is 0 Å². The molecule has 3 aliphatic heterocycles. The van der Waals surface area contributed by atoms with Gasteiger partial charge in [-0.1, -0.05) is 6.08 Å². The highest BCUT2D eigenvalue weighted by atomic mass is 16.5. The van der Waals surface area contributed by atoms with E-state index in [0.29, 0.717) is 42.0 Å². The van der Waals surface area contributed by atoms with Gasteiger partial charge in [-0.3, -0.25) is 14.6 Å². The van der Waals surface area contributed by atoms with Crippen molar-refractivity contribution in [2.75, 3.05) is 6.54 Å². The first-order valence-corrected chi connectivity index (χ1v) is 9.18. The highest BCUT2D eigenvalue weighted by molar-refractivity contribution is 6.07. The smallest absolute Gasteiger partial charge is 0.227 e. The van der Waals surface area contributed by atoms with Crippen molar-refractivity contribution in [3.05, 3.63) is 47.4 Å². The van der Waals surface area contributed by atoms with E-state index in [1.165, 1.54) is 0 Å². The molecule has 3 heterocycles. The highest BCUT2D eigenvalue weighted by Crippen LogP contribution is 2.43. The zero-order chi connectivity index (χ0) is 19.2. The first-order chi connectivity index (χ1) is 12.9. The van der Waals surface area contributed by atoms with Crippen LogP contribution in [0.25, 0.3) is 5.70 Å². The van der Waals surface area contributed by atoms with Crippen molar-refractivity contribution in [3.63, 3.8) is 0 Å². The van der Waals surface area contributed by atoms with Crippen molar-refractivity contribution < 1.29 is 19.4 Å². The Labute approximate surface area is 157 Å². The molecular formula is C21H22N2O4. The second-order valence-electron chi connectivity index (χ2n) is 7.56. The predicted molar refractivity (Wildman–Crippen MR) is 102 cm³/mol. The number of Topliss-reactive ketones (excluding diaryl/α,β-unsaturated/α-hetero) is 1. The molecule has 6 nitrogen and oxygen atoms in total. The van der Waals surface area contributed by atoms with Crippen LogP contribution in [-0.4, -0.2) is 40.1 Å². The molecule has 6 heteroatoms. The summed E-state index contributed by atoms with van der Waals surface area (Å²) in [5.41, 5.74) is 0.602. The summed E-state index contributed by atoms with van der Waals surface area (Å²) in [5, 5.41) is 10.8. The van der Waals surface area contributed by atoms with Gasteiger partial charge >= 0.3 is 0 Å². The molecule has 3 aliphatic rings. The maximum absolute atomic E-state index is 12.9. The predicted octanol–water partition coefficient (Wildman–Crippen LogP) is 3.49. The second kappa shape index (κ2) is 6.37. The van der Waals surface area contributed by atoms with Gasteiger partial charge in [-0.15, -0.1) is 0 Å². The molecule has 0 aromatic heterocycles. The summed E-state index contributed by atoms with van der Waals surface area (Å²) < 4.78 is 5.94. The van der Waals surface area contributed by atoms with Gasteiger partial charge in [0.15, 0.2) is 17.1 Å². The number of hydrogen-bond acceptors (Lipinski definition) is 5. The second-order valence-corrected chi connectivity index (χ2v) is 7.56. The minimum absolute atomic E-state index is 0.0111. The van der Waals surface area contributed by atoms with Gasteiger partial charge in [-0.2, -0.15) is 0 Å². The van der Waals surface area contributed by atoms with E-state index in [2.05, 4.69) is 4.99 Å². The number of aliphatic hydroxyl groups excluding tert-OH is 1. The Hall–Kier alpha value is -2.89. The van der Waals surface area contributed by atoms with Crippen LogP contribution in [0.1, 0.15) is 49.0 Å². The quantitative estimate of drug-likeness (QED) is 0.831. The number of nitrogens with zero attached hydrogens (tertiary/aromatic N) is 2. The fraction of sp³-hybridized carbons (Fsp3) is 0.381. The van der Waals surface area contributed by atoms with Crippen LogP contribution in [-0.2, 0) is 4.79 Å². The van der Waals surface area contributed by atoms with Crippen LogP contribution >= 0.6 is 0 Å². The molecule has 0 spiro atoms. The van der Waals surface area contributed by atoms with Gasteiger partial charge < -0.3 is 14.7 Å². The van der Waals surface area contributed by atoms with Gasteiger partial charge in [0.2, 0.25) is 5.91 Å². The lowest BCUT2D eigenvalue weighted by Gasteiger charge is -2.36. The lowest BCUT2D eigenvalue weighted by atomic mass is 9.90. The summed E-state index contributed by atoms with van der Waals surface area (Å²) >= 11 is 0. The minimum atomic E-state index is -0.947. The third-order valence-electron chi connectivity index (χ3n) is 5.21. The monoisotopic (exact) mass is 366 g/mol. The van der Waals surface area contributed by atoms with Gasteiger partial charge in [-0.25, -0.2) is 0 Å². The molecule has 1 unspecified atom stereocenters. The standard InChI is InChI=1S/C21H22N2O4/c1-21(2)20(26)18(23-10-4-6-17(23)24)15-11-13(7-8-16(15)27-21)19(25)14-5-3-9-22-12-14/h3,7-9,11-12,14,26H,4-6,10H2,1-2H3. The molecule has 1 aromatic carbocycles. The number of aliphatic hydroxyl groups is 1. The lowest BCUT2D eigenvalue weighted by molar-refractivity contribution is -0.125. The van der Waals surface area contributed by atoms with Crippen molar-refractivity contribution in [1.29, 1.82) is 0 Å². The van der Waals surface area contributed by atoms with E-state index in [1.807, 2.05) is 6.08 Å². The van der Waals surface area contributed by atoms with Gasteiger partial charge in [0.05, 0.1) is 11.6 Å². The molecule has 1 N–H and O–H groups in total. The molecule has 4 rings (SSSR count). The normalized spacial score (nSPS) is 23.4. The largest absolute Gasteiger partial charge is 0.506 e. The summed E-state index contributed by atoms with van der Waals surface area (Å²) in [6.45, 7) is 4.07. The third-order valence-corrected chi connectivity index (χ3v) is 5.21. The maximum Gasteiger partial charge on any atom is 0.227 e. The fourth-order valence-electron chi connectivity index (χ4n) is 3.72. The van der Waals surface area contributed by atoms with E-state index in [9.17, 15) is 14.7 Å². The zero-order valence-electron chi connectivity index (χ0n) is 15.4. The number of carbonyl (C=O) groups excluding carboxylic acids is 2. The highest BCUT2D eigenvalue weighted by Gasteiger charge is 2.40. The number of allylic oxidation sites excluding steroid dienone is 1. The summed E-state index contributed by atoms with van der Waals surface area (Å²) in [5.74, 6) is 0.200.